The molecule has 1 aromatic rings. The number of aryl methyl sites for hydroxylation is 1. The molecule has 1 aliphatic heterocycles. The third kappa shape index (κ3) is 4.72. The first-order valence-corrected chi connectivity index (χ1v) is 8.23. The van der Waals surface area contributed by atoms with Crippen molar-refractivity contribution in [3.05, 3.63) is 35.4 Å². The maximum absolute atomic E-state index is 13.0. The fourth-order valence-electron chi connectivity index (χ4n) is 3.24. The highest BCUT2D eigenvalue weighted by Crippen LogP contribution is 2.33. The topological polar surface area (TPSA) is 20.3 Å². The first kappa shape index (κ1) is 17.8. The average molecular weight is 327 g/mol. The summed E-state index contributed by atoms with van der Waals surface area (Å²) in [6.45, 7) is 5.20. The number of halogens is 3. The monoisotopic (exact) mass is 327 g/mol. The molecule has 5 heteroatoms. The Balaban J connectivity index is 1.98. The Morgan fingerprint density at radius 1 is 1.30 bits per heavy atom. The van der Waals surface area contributed by atoms with Gasteiger partial charge in [0.15, 0.2) is 0 Å². The molecule has 0 saturated carbocycles. The number of rotatable bonds is 4. The van der Waals surface area contributed by atoms with Crippen molar-refractivity contribution in [1.29, 1.82) is 0 Å². The molecule has 0 radical (unpaired) electrons. The van der Waals surface area contributed by atoms with Crippen LogP contribution in [0.2, 0.25) is 0 Å². The number of benzene rings is 1. The molecule has 2 nitrogen and oxygen atoms in total. The second-order valence-corrected chi connectivity index (χ2v) is 6.64. The molecule has 0 aliphatic carbocycles. The van der Waals surface area contributed by atoms with E-state index in [1.54, 1.807) is 12.1 Å². The molecule has 2 rings (SSSR count). The summed E-state index contributed by atoms with van der Waals surface area (Å²) in [6, 6.07) is 5.78. The fraction of sp³-hybridized carbons (Fsp3) is 0.611. The second kappa shape index (κ2) is 7.37. The van der Waals surface area contributed by atoms with E-state index < -0.39 is 11.7 Å². The first-order chi connectivity index (χ1) is 10.8. The summed E-state index contributed by atoms with van der Waals surface area (Å²) in [4.78, 5) is 13.9. The fourth-order valence-corrected chi connectivity index (χ4v) is 3.24. The van der Waals surface area contributed by atoms with Crippen LogP contribution in [0.1, 0.15) is 44.2 Å². The number of amides is 1. The zero-order chi connectivity index (χ0) is 17.0. The summed E-state index contributed by atoms with van der Waals surface area (Å²) >= 11 is 0. The van der Waals surface area contributed by atoms with Gasteiger partial charge in [-0.15, -0.1) is 0 Å². The van der Waals surface area contributed by atoms with E-state index in [1.807, 2.05) is 18.7 Å². The number of nitrogens with zero attached hydrogens (tertiary/aromatic N) is 1. The Morgan fingerprint density at radius 3 is 2.65 bits per heavy atom. The molecule has 1 amide bonds. The van der Waals surface area contributed by atoms with E-state index in [0.717, 1.165) is 25.5 Å². The van der Waals surface area contributed by atoms with Crippen LogP contribution in [0, 0.1) is 11.8 Å². The van der Waals surface area contributed by atoms with Gasteiger partial charge in [0.25, 0.3) is 0 Å². The summed E-state index contributed by atoms with van der Waals surface area (Å²) in [7, 11) is 0. The standard InChI is InChI=1S/C18H24F3NO/c1-13(2)17(23)22-11-5-6-14(12-22)9-10-15-7-3-4-8-16(15)18(19,20)21/h3-4,7-8,13-14H,5-6,9-12H2,1-2H3/t14-/m0/s1. The van der Waals surface area contributed by atoms with Crippen molar-refractivity contribution in [3.63, 3.8) is 0 Å². The molecule has 0 bridgehead atoms. The molecule has 1 saturated heterocycles. The highest BCUT2D eigenvalue weighted by atomic mass is 19.4. The third-order valence-electron chi connectivity index (χ3n) is 4.47. The maximum Gasteiger partial charge on any atom is 0.416 e. The number of hydrogen-bond donors (Lipinski definition) is 0. The van der Waals surface area contributed by atoms with E-state index in [4.69, 9.17) is 0 Å². The Labute approximate surface area is 135 Å². The predicted octanol–water partition coefficient (Wildman–Crippen LogP) is 4.53. The molecule has 1 atom stereocenters. The van der Waals surface area contributed by atoms with Gasteiger partial charge in [-0.3, -0.25) is 4.79 Å². The van der Waals surface area contributed by atoms with Crippen molar-refractivity contribution in [2.24, 2.45) is 11.8 Å². The van der Waals surface area contributed by atoms with Crippen molar-refractivity contribution in [2.75, 3.05) is 13.1 Å². The minimum absolute atomic E-state index is 0.0281. The molecule has 128 valence electrons. The van der Waals surface area contributed by atoms with Gasteiger partial charge in [-0.05, 0) is 43.2 Å². The van der Waals surface area contributed by atoms with E-state index in [-0.39, 0.29) is 17.7 Å². The minimum Gasteiger partial charge on any atom is -0.342 e. The van der Waals surface area contributed by atoms with Crippen molar-refractivity contribution in [2.45, 2.75) is 45.7 Å². The molecule has 23 heavy (non-hydrogen) atoms. The SMILES string of the molecule is CC(C)C(=O)N1CCC[C@@H](CCc2ccccc2C(F)(F)F)C1. The summed E-state index contributed by atoms with van der Waals surface area (Å²) < 4.78 is 39.1. The summed E-state index contributed by atoms with van der Waals surface area (Å²) in [5.74, 6) is 0.401. The quantitative estimate of drug-likeness (QED) is 0.795. The van der Waals surface area contributed by atoms with Gasteiger partial charge in [0.2, 0.25) is 5.91 Å². The smallest absolute Gasteiger partial charge is 0.342 e. The Kier molecular flexibility index (Phi) is 5.71. The van der Waals surface area contributed by atoms with Crippen LogP contribution in [0.15, 0.2) is 24.3 Å². The van der Waals surface area contributed by atoms with Crippen LogP contribution in [0.5, 0.6) is 0 Å². The molecule has 1 heterocycles. The van der Waals surface area contributed by atoms with E-state index in [0.29, 0.717) is 24.9 Å². The van der Waals surface area contributed by atoms with E-state index in [9.17, 15) is 18.0 Å². The highest BCUT2D eigenvalue weighted by molar-refractivity contribution is 5.78. The van der Waals surface area contributed by atoms with Crippen LogP contribution < -0.4 is 0 Å². The van der Waals surface area contributed by atoms with Gasteiger partial charge >= 0.3 is 6.18 Å². The Hall–Kier alpha value is -1.52. The molecule has 0 N–H and O–H groups in total. The number of alkyl halides is 3. The lowest BCUT2D eigenvalue weighted by atomic mass is 9.90. The second-order valence-electron chi connectivity index (χ2n) is 6.64. The number of carbonyl (C=O) groups excluding carboxylic acids is 1. The van der Waals surface area contributed by atoms with Gasteiger partial charge in [0, 0.05) is 19.0 Å². The molecular formula is C18H24F3NO. The van der Waals surface area contributed by atoms with E-state index >= 15 is 0 Å². The van der Waals surface area contributed by atoms with Crippen LogP contribution in [-0.4, -0.2) is 23.9 Å². The van der Waals surface area contributed by atoms with Crippen LogP contribution in [0.25, 0.3) is 0 Å². The average Bonchev–Trinajstić information content (AvgIpc) is 2.51. The minimum atomic E-state index is -4.30. The van der Waals surface area contributed by atoms with Gasteiger partial charge < -0.3 is 4.90 Å². The predicted molar refractivity (Wildman–Crippen MR) is 83.9 cm³/mol. The van der Waals surface area contributed by atoms with E-state index in [1.165, 1.54) is 6.07 Å². The van der Waals surface area contributed by atoms with Crippen molar-refractivity contribution in [1.82, 2.24) is 4.90 Å². The number of carbonyl (C=O) groups is 1. The largest absolute Gasteiger partial charge is 0.416 e. The van der Waals surface area contributed by atoms with Crippen LogP contribution in [0.4, 0.5) is 13.2 Å². The van der Waals surface area contributed by atoms with Crippen LogP contribution in [0.3, 0.4) is 0 Å². The van der Waals surface area contributed by atoms with Gasteiger partial charge in [0.05, 0.1) is 5.56 Å². The lowest BCUT2D eigenvalue weighted by molar-refractivity contribution is -0.138. The molecule has 0 unspecified atom stereocenters. The molecule has 0 aromatic heterocycles. The van der Waals surface area contributed by atoms with Crippen molar-refractivity contribution >= 4 is 5.91 Å². The lowest BCUT2D eigenvalue weighted by Crippen LogP contribution is -2.42. The Morgan fingerprint density at radius 2 is 2.00 bits per heavy atom. The number of hydrogen-bond acceptors (Lipinski definition) is 1. The first-order valence-electron chi connectivity index (χ1n) is 8.23. The zero-order valence-corrected chi connectivity index (χ0v) is 13.7. The number of piperidine rings is 1. The molecule has 1 aliphatic rings. The highest BCUT2D eigenvalue weighted by Gasteiger charge is 2.33. The molecule has 0 spiro atoms. The van der Waals surface area contributed by atoms with Crippen molar-refractivity contribution in [3.8, 4) is 0 Å². The normalized spacial score (nSPS) is 19.2. The van der Waals surface area contributed by atoms with Gasteiger partial charge in [-0.1, -0.05) is 32.0 Å². The molecule has 1 aromatic carbocycles. The van der Waals surface area contributed by atoms with Gasteiger partial charge in [-0.25, -0.2) is 0 Å². The van der Waals surface area contributed by atoms with Gasteiger partial charge in [-0.2, -0.15) is 13.2 Å². The van der Waals surface area contributed by atoms with Crippen LogP contribution in [-0.2, 0) is 17.4 Å². The Bertz CT molecular complexity index is 539. The van der Waals surface area contributed by atoms with Crippen molar-refractivity contribution < 1.29 is 18.0 Å². The summed E-state index contributed by atoms with van der Waals surface area (Å²) in [5.41, 5.74) is -0.182. The number of likely N-dealkylation sites (tertiary alicyclic amines) is 1. The summed E-state index contributed by atoms with van der Waals surface area (Å²) in [6.07, 6.45) is -1.29. The zero-order valence-electron chi connectivity index (χ0n) is 13.7. The van der Waals surface area contributed by atoms with Gasteiger partial charge in [0.1, 0.15) is 0 Å². The van der Waals surface area contributed by atoms with Crippen LogP contribution >= 0.6 is 0 Å². The third-order valence-corrected chi connectivity index (χ3v) is 4.47. The molecular weight excluding hydrogens is 303 g/mol. The lowest BCUT2D eigenvalue weighted by Gasteiger charge is -2.34. The molecule has 1 fully saturated rings. The summed E-state index contributed by atoms with van der Waals surface area (Å²) in [5, 5.41) is 0. The maximum atomic E-state index is 13.0. The van der Waals surface area contributed by atoms with E-state index in [2.05, 4.69) is 0 Å².